The van der Waals surface area contributed by atoms with E-state index in [0.29, 0.717) is 0 Å². The number of benzene rings is 1. The Labute approximate surface area is 113 Å². The van der Waals surface area contributed by atoms with E-state index < -0.39 is 5.25 Å². The number of nitrogens with one attached hydrogen (secondary N) is 1. The van der Waals surface area contributed by atoms with Crippen LogP contribution in [-0.2, 0) is 4.79 Å². The topological polar surface area (TPSA) is 80.9 Å². The van der Waals surface area contributed by atoms with E-state index >= 15 is 0 Å². The van der Waals surface area contributed by atoms with Crippen LogP contribution in [-0.4, -0.2) is 16.1 Å². The first-order valence-electron chi connectivity index (χ1n) is 5.23. The van der Waals surface area contributed by atoms with Gasteiger partial charge in [-0.2, -0.15) is 0 Å². The smallest absolute Gasteiger partial charge is 0.251 e. The van der Waals surface area contributed by atoms with Gasteiger partial charge in [0.25, 0.3) is 5.91 Å². The molecule has 0 saturated carbocycles. The van der Waals surface area contributed by atoms with Crippen molar-refractivity contribution in [3.8, 4) is 0 Å². The van der Waals surface area contributed by atoms with E-state index in [1.165, 1.54) is 23.1 Å². The highest BCUT2D eigenvalue weighted by Gasteiger charge is 2.22. The van der Waals surface area contributed by atoms with Gasteiger partial charge in [-0.15, -0.1) is 10.2 Å². The van der Waals surface area contributed by atoms with E-state index in [0.717, 1.165) is 14.9 Å². The van der Waals surface area contributed by atoms with Crippen LogP contribution in [0.25, 0.3) is 0 Å². The van der Waals surface area contributed by atoms with Crippen LogP contribution in [0.4, 0.5) is 0 Å². The first-order chi connectivity index (χ1) is 8.70. The van der Waals surface area contributed by atoms with E-state index in [4.69, 9.17) is 5.84 Å². The molecule has 2 rings (SSSR count). The van der Waals surface area contributed by atoms with Gasteiger partial charge in [0.1, 0.15) is 10.3 Å². The Morgan fingerprint density at radius 2 is 2.11 bits per heavy atom. The summed E-state index contributed by atoms with van der Waals surface area (Å²) in [5.41, 5.74) is 3.07. The number of hydrogen-bond acceptors (Lipinski definition) is 6. The molecule has 0 bridgehead atoms. The highest BCUT2D eigenvalue weighted by molar-refractivity contribution is 8.01. The molecule has 7 heteroatoms. The molecular formula is C11H12N4OS2. The van der Waals surface area contributed by atoms with E-state index in [1.54, 1.807) is 0 Å². The van der Waals surface area contributed by atoms with Crippen LogP contribution in [0.1, 0.15) is 15.8 Å². The average molecular weight is 280 g/mol. The lowest BCUT2D eigenvalue weighted by Crippen LogP contribution is -2.33. The van der Waals surface area contributed by atoms with Gasteiger partial charge < -0.3 is 0 Å². The fourth-order valence-corrected chi connectivity index (χ4v) is 3.42. The molecule has 1 atom stereocenters. The van der Waals surface area contributed by atoms with E-state index in [-0.39, 0.29) is 5.91 Å². The number of nitrogens with zero attached hydrogens (tertiary/aromatic N) is 2. The summed E-state index contributed by atoms with van der Waals surface area (Å²) < 4.78 is 0.755. The summed E-state index contributed by atoms with van der Waals surface area (Å²) >= 11 is 2.81. The zero-order chi connectivity index (χ0) is 13.0. The summed E-state index contributed by atoms with van der Waals surface area (Å²) in [5, 5.41) is 8.40. The summed E-state index contributed by atoms with van der Waals surface area (Å²) in [4.78, 5) is 11.8. The van der Waals surface area contributed by atoms with Gasteiger partial charge in [0.2, 0.25) is 0 Å². The summed E-state index contributed by atoms with van der Waals surface area (Å²) in [6.45, 7) is 1.88. The van der Waals surface area contributed by atoms with E-state index in [1.807, 2.05) is 37.3 Å². The van der Waals surface area contributed by atoms with E-state index in [9.17, 15) is 4.79 Å². The molecule has 1 unspecified atom stereocenters. The predicted octanol–water partition coefficient (Wildman–Crippen LogP) is 1.67. The Morgan fingerprint density at radius 3 is 2.67 bits per heavy atom. The third kappa shape index (κ3) is 3.06. The number of aryl methyl sites for hydroxylation is 1. The van der Waals surface area contributed by atoms with Crippen LogP contribution >= 0.6 is 23.1 Å². The first-order valence-corrected chi connectivity index (χ1v) is 6.92. The molecule has 0 aliphatic carbocycles. The van der Waals surface area contributed by atoms with Gasteiger partial charge in [0.15, 0.2) is 4.34 Å². The molecule has 1 aromatic carbocycles. The van der Waals surface area contributed by atoms with Crippen molar-refractivity contribution in [1.82, 2.24) is 15.6 Å². The van der Waals surface area contributed by atoms with Crippen molar-refractivity contribution < 1.29 is 4.79 Å². The first kappa shape index (κ1) is 13.0. The van der Waals surface area contributed by atoms with Gasteiger partial charge in [-0.25, -0.2) is 5.84 Å². The van der Waals surface area contributed by atoms with Crippen LogP contribution in [0.3, 0.4) is 0 Å². The van der Waals surface area contributed by atoms with Crippen LogP contribution in [0.5, 0.6) is 0 Å². The second-order valence-corrected chi connectivity index (χ2v) is 6.04. The predicted molar refractivity (Wildman–Crippen MR) is 72.0 cm³/mol. The largest absolute Gasteiger partial charge is 0.293 e. The van der Waals surface area contributed by atoms with Crippen molar-refractivity contribution in [1.29, 1.82) is 0 Å². The van der Waals surface area contributed by atoms with Gasteiger partial charge in [-0.3, -0.25) is 10.2 Å². The molecule has 2 aromatic rings. The lowest BCUT2D eigenvalue weighted by atomic mass is 10.1. The zero-order valence-electron chi connectivity index (χ0n) is 9.66. The van der Waals surface area contributed by atoms with Crippen molar-refractivity contribution in [3.63, 3.8) is 0 Å². The molecular weight excluding hydrogens is 268 g/mol. The number of hydrogen-bond donors (Lipinski definition) is 2. The fraction of sp³-hybridized carbons (Fsp3) is 0.182. The number of aromatic nitrogens is 2. The van der Waals surface area contributed by atoms with E-state index in [2.05, 4.69) is 15.6 Å². The Kier molecular flexibility index (Phi) is 4.29. The molecule has 0 fully saturated rings. The van der Waals surface area contributed by atoms with Crippen molar-refractivity contribution >= 4 is 29.0 Å². The molecule has 94 valence electrons. The third-order valence-electron chi connectivity index (χ3n) is 2.21. The molecule has 3 N–H and O–H groups in total. The van der Waals surface area contributed by atoms with Gasteiger partial charge >= 0.3 is 0 Å². The molecule has 1 amide bonds. The maximum atomic E-state index is 11.8. The fourth-order valence-electron chi connectivity index (χ4n) is 1.40. The molecule has 5 nitrogen and oxygen atoms in total. The molecule has 0 aliphatic heterocycles. The third-order valence-corrected chi connectivity index (χ3v) is 4.39. The standard InChI is InChI=1S/C11H12N4OS2/c1-7-14-15-11(17-7)18-9(10(16)13-12)8-5-3-2-4-6-8/h2-6,9H,12H2,1H3,(H,13,16). The average Bonchev–Trinajstić information content (AvgIpc) is 2.82. The lowest BCUT2D eigenvalue weighted by molar-refractivity contribution is -0.120. The monoisotopic (exact) mass is 280 g/mol. The molecule has 18 heavy (non-hydrogen) atoms. The van der Waals surface area contributed by atoms with Crippen LogP contribution < -0.4 is 11.3 Å². The minimum Gasteiger partial charge on any atom is -0.293 e. The van der Waals surface area contributed by atoms with Crippen molar-refractivity contribution in [2.45, 2.75) is 16.5 Å². The number of carbonyl (C=O) groups excluding carboxylic acids is 1. The summed E-state index contributed by atoms with van der Waals surface area (Å²) in [6, 6.07) is 9.46. The number of carbonyl (C=O) groups is 1. The number of nitrogens with two attached hydrogens (primary N) is 1. The zero-order valence-corrected chi connectivity index (χ0v) is 11.3. The highest BCUT2D eigenvalue weighted by Crippen LogP contribution is 2.36. The SMILES string of the molecule is Cc1nnc(SC(C(=O)NN)c2ccccc2)s1. The Morgan fingerprint density at radius 1 is 1.39 bits per heavy atom. The number of rotatable bonds is 4. The van der Waals surface area contributed by atoms with Gasteiger partial charge in [0, 0.05) is 0 Å². The van der Waals surface area contributed by atoms with Crippen LogP contribution in [0, 0.1) is 6.92 Å². The second kappa shape index (κ2) is 5.94. The van der Waals surface area contributed by atoms with Crippen molar-refractivity contribution in [3.05, 3.63) is 40.9 Å². The van der Waals surface area contributed by atoms with Crippen LogP contribution in [0.2, 0.25) is 0 Å². The number of thioether (sulfide) groups is 1. The second-order valence-electron chi connectivity index (χ2n) is 3.50. The number of hydrazine groups is 1. The quantitative estimate of drug-likeness (QED) is 0.385. The Balaban J connectivity index is 2.24. The summed E-state index contributed by atoms with van der Waals surface area (Å²) in [6.07, 6.45) is 0. The maximum absolute atomic E-state index is 11.8. The van der Waals surface area contributed by atoms with Gasteiger partial charge in [-0.05, 0) is 12.5 Å². The molecule has 1 aromatic heterocycles. The minimum absolute atomic E-state index is 0.251. The molecule has 0 saturated heterocycles. The molecule has 1 heterocycles. The highest BCUT2D eigenvalue weighted by atomic mass is 32.2. The van der Waals surface area contributed by atoms with Gasteiger partial charge in [0.05, 0.1) is 0 Å². The Bertz CT molecular complexity index is 529. The van der Waals surface area contributed by atoms with Crippen molar-refractivity contribution in [2.75, 3.05) is 0 Å². The number of amides is 1. The maximum Gasteiger partial charge on any atom is 0.251 e. The molecule has 0 spiro atoms. The normalized spacial score (nSPS) is 12.1. The van der Waals surface area contributed by atoms with Gasteiger partial charge in [-0.1, -0.05) is 53.4 Å². The van der Waals surface area contributed by atoms with Crippen LogP contribution in [0.15, 0.2) is 34.7 Å². The minimum atomic E-state index is -0.413. The molecule has 0 radical (unpaired) electrons. The summed E-state index contributed by atoms with van der Waals surface area (Å²) in [7, 11) is 0. The summed E-state index contributed by atoms with van der Waals surface area (Å²) in [5.74, 6) is 4.97. The molecule has 0 aliphatic rings. The lowest BCUT2D eigenvalue weighted by Gasteiger charge is -2.13. The van der Waals surface area contributed by atoms with Crippen molar-refractivity contribution in [2.24, 2.45) is 5.84 Å². The Hall–Kier alpha value is -1.44.